The summed E-state index contributed by atoms with van der Waals surface area (Å²) in [6.07, 6.45) is 1.94. The quantitative estimate of drug-likeness (QED) is 0.829. The van der Waals surface area contributed by atoms with E-state index in [9.17, 15) is 0 Å². The lowest BCUT2D eigenvalue weighted by Crippen LogP contribution is -2.07. The minimum absolute atomic E-state index is 0.321. The number of pyridine rings is 1. The van der Waals surface area contributed by atoms with E-state index in [0.717, 1.165) is 11.6 Å². The predicted molar refractivity (Wildman–Crippen MR) is 64.8 cm³/mol. The third kappa shape index (κ3) is 4.01. The van der Waals surface area contributed by atoms with Crippen molar-refractivity contribution in [2.75, 3.05) is 12.4 Å². The van der Waals surface area contributed by atoms with Crippen molar-refractivity contribution in [2.24, 2.45) is 0 Å². The molecule has 0 radical (unpaired) electrons. The van der Waals surface area contributed by atoms with Crippen LogP contribution in [0.3, 0.4) is 0 Å². The van der Waals surface area contributed by atoms with Crippen molar-refractivity contribution in [3.05, 3.63) is 23.9 Å². The van der Waals surface area contributed by atoms with Crippen molar-refractivity contribution in [3.63, 3.8) is 0 Å². The van der Waals surface area contributed by atoms with Gasteiger partial charge in [-0.1, -0.05) is 26.8 Å². The van der Waals surface area contributed by atoms with Crippen molar-refractivity contribution >= 4 is 17.6 Å². The second kappa shape index (κ2) is 4.69. The van der Waals surface area contributed by atoms with E-state index in [1.54, 1.807) is 0 Å². The van der Waals surface area contributed by atoms with Crippen LogP contribution in [0.5, 0.6) is 0 Å². The van der Waals surface area contributed by atoms with Gasteiger partial charge in [0.05, 0.1) is 0 Å². The number of hydrogen-bond donors (Lipinski definition) is 1. The zero-order valence-electron chi connectivity index (χ0n) is 9.29. The van der Waals surface area contributed by atoms with E-state index in [0.29, 0.717) is 4.75 Å². The van der Waals surface area contributed by atoms with Gasteiger partial charge in [-0.3, -0.25) is 0 Å². The van der Waals surface area contributed by atoms with E-state index >= 15 is 0 Å². The fraction of sp³-hybridized carbons (Fsp3) is 0.545. The minimum atomic E-state index is 0.321. The summed E-state index contributed by atoms with van der Waals surface area (Å²) in [5.41, 5.74) is 1.28. The molecule has 0 unspecified atom stereocenters. The highest BCUT2D eigenvalue weighted by Crippen LogP contribution is 2.26. The lowest BCUT2D eigenvalue weighted by Gasteiger charge is -2.17. The fourth-order valence-corrected chi connectivity index (χ4v) is 1.73. The van der Waals surface area contributed by atoms with E-state index < -0.39 is 0 Å². The van der Waals surface area contributed by atoms with E-state index in [1.807, 2.05) is 31.1 Å². The first-order valence-electron chi connectivity index (χ1n) is 4.78. The first-order chi connectivity index (χ1) is 6.51. The molecule has 78 valence electrons. The van der Waals surface area contributed by atoms with Crippen molar-refractivity contribution in [3.8, 4) is 0 Å². The molecule has 0 atom stereocenters. The van der Waals surface area contributed by atoms with Crippen LogP contribution in [0.25, 0.3) is 0 Å². The van der Waals surface area contributed by atoms with Gasteiger partial charge in [0.25, 0.3) is 0 Å². The average Bonchev–Trinajstić information content (AvgIpc) is 2.14. The van der Waals surface area contributed by atoms with Crippen molar-refractivity contribution in [1.29, 1.82) is 0 Å². The van der Waals surface area contributed by atoms with Crippen LogP contribution in [0.15, 0.2) is 18.3 Å². The van der Waals surface area contributed by atoms with Crippen LogP contribution in [-0.2, 0) is 5.75 Å². The van der Waals surface area contributed by atoms with Crippen LogP contribution < -0.4 is 5.32 Å². The zero-order chi connectivity index (χ0) is 10.6. The molecule has 0 aliphatic carbocycles. The number of thioether (sulfide) groups is 1. The molecule has 14 heavy (non-hydrogen) atoms. The highest BCUT2D eigenvalue weighted by Gasteiger charge is 2.10. The third-order valence-corrected chi connectivity index (χ3v) is 3.10. The number of aromatic nitrogens is 1. The Kier molecular flexibility index (Phi) is 3.81. The molecule has 0 saturated carbocycles. The van der Waals surface area contributed by atoms with E-state index in [-0.39, 0.29) is 0 Å². The Morgan fingerprint density at radius 2 is 2.07 bits per heavy atom. The van der Waals surface area contributed by atoms with E-state index in [2.05, 4.69) is 37.1 Å². The summed E-state index contributed by atoms with van der Waals surface area (Å²) in [4.78, 5) is 4.27. The average molecular weight is 210 g/mol. The largest absolute Gasteiger partial charge is 0.373 e. The predicted octanol–water partition coefficient (Wildman–Crippen LogP) is 3.16. The summed E-state index contributed by atoms with van der Waals surface area (Å²) in [6, 6.07) is 4.14. The van der Waals surface area contributed by atoms with Crippen molar-refractivity contribution < 1.29 is 0 Å². The molecule has 0 aromatic carbocycles. The molecule has 0 amide bonds. The maximum Gasteiger partial charge on any atom is 0.125 e. The zero-order valence-corrected chi connectivity index (χ0v) is 10.1. The Labute approximate surface area is 90.5 Å². The minimum Gasteiger partial charge on any atom is -0.373 e. The van der Waals surface area contributed by atoms with Gasteiger partial charge < -0.3 is 5.32 Å². The van der Waals surface area contributed by atoms with Gasteiger partial charge >= 0.3 is 0 Å². The Hall–Kier alpha value is -0.700. The molecule has 1 aromatic heterocycles. The maximum absolute atomic E-state index is 4.27. The lowest BCUT2D eigenvalue weighted by atomic mass is 10.3. The van der Waals surface area contributed by atoms with Crippen LogP contribution in [0, 0.1) is 0 Å². The molecule has 0 aliphatic heterocycles. The SMILES string of the molecule is CNc1ccc(CSC(C)(C)C)cn1. The maximum atomic E-state index is 4.27. The second-order valence-corrected chi connectivity index (χ2v) is 6.00. The van der Waals surface area contributed by atoms with Crippen LogP contribution in [0.1, 0.15) is 26.3 Å². The van der Waals surface area contributed by atoms with Crippen molar-refractivity contribution in [2.45, 2.75) is 31.3 Å². The van der Waals surface area contributed by atoms with Gasteiger partial charge in [0, 0.05) is 23.7 Å². The van der Waals surface area contributed by atoms with Gasteiger partial charge in [0.2, 0.25) is 0 Å². The van der Waals surface area contributed by atoms with Crippen molar-refractivity contribution in [1.82, 2.24) is 4.98 Å². The lowest BCUT2D eigenvalue weighted by molar-refractivity contribution is 0.802. The van der Waals surface area contributed by atoms with Crippen LogP contribution >= 0.6 is 11.8 Å². The summed E-state index contributed by atoms with van der Waals surface area (Å²) in [7, 11) is 1.88. The Bertz CT molecular complexity index is 274. The smallest absolute Gasteiger partial charge is 0.125 e. The van der Waals surface area contributed by atoms with Gasteiger partial charge in [0.1, 0.15) is 5.82 Å². The Balaban J connectivity index is 2.52. The second-order valence-electron chi connectivity index (χ2n) is 4.20. The van der Waals surface area contributed by atoms with Crippen LogP contribution in [0.4, 0.5) is 5.82 Å². The van der Waals surface area contributed by atoms with E-state index in [4.69, 9.17) is 0 Å². The third-order valence-electron chi connectivity index (χ3n) is 1.75. The molecule has 1 rings (SSSR count). The topological polar surface area (TPSA) is 24.9 Å². The Morgan fingerprint density at radius 3 is 2.50 bits per heavy atom. The number of rotatable bonds is 3. The van der Waals surface area contributed by atoms with Gasteiger partial charge in [0.15, 0.2) is 0 Å². The number of nitrogens with zero attached hydrogens (tertiary/aromatic N) is 1. The first kappa shape index (κ1) is 11.4. The number of anilines is 1. The standard InChI is InChI=1S/C11H18N2S/c1-11(2,3)14-8-9-5-6-10(12-4)13-7-9/h5-7H,8H2,1-4H3,(H,12,13). The molecule has 0 saturated heterocycles. The molecule has 1 N–H and O–H groups in total. The molecule has 1 aromatic rings. The first-order valence-corrected chi connectivity index (χ1v) is 5.76. The molecule has 3 heteroatoms. The monoisotopic (exact) mass is 210 g/mol. The summed E-state index contributed by atoms with van der Waals surface area (Å²) in [5, 5.41) is 3.01. The van der Waals surface area contributed by atoms with E-state index in [1.165, 1.54) is 5.56 Å². The van der Waals surface area contributed by atoms with Gasteiger partial charge in [-0.25, -0.2) is 4.98 Å². The molecule has 2 nitrogen and oxygen atoms in total. The van der Waals surface area contributed by atoms with Crippen LogP contribution in [0.2, 0.25) is 0 Å². The molecular weight excluding hydrogens is 192 g/mol. The molecular formula is C11H18N2S. The highest BCUT2D eigenvalue weighted by molar-refractivity contribution is 7.99. The number of nitrogens with one attached hydrogen (secondary N) is 1. The fourth-order valence-electron chi connectivity index (χ4n) is 0.958. The van der Waals surface area contributed by atoms with Crippen LogP contribution in [-0.4, -0.2) is 16.8 Å². The van der Waals surface area contributed by atoms with Gasteiger partial charge in [-0.15, -0.1) is 0 Å². The normalized spacial score (nSPS) is 11.4. The molecule has 0 aliphatic rings. The van der Waals surface area contributed by atoms with Gasteiger partial charge in [-0.2, -0.15) is 11.8 Å². The summed E-state index contributed by atoms with van der Waals surface area (Å²) in [6.45, 7) is 6.69. The summed E-state index contributed by atoms with van der Waals surface area (Å²) >= 11 is 1.94. The Morgan fingerprint density at radius 1 is 1.36 bits per heavy atom. The summed E-state index contributed by atoms with van der Waals surface area (Å²) < 4.78 is 0.321. The molecule has 0 spiro atoms. The summed E-state index contributed by atoms with van der Waals surface area (Å²) in [5.74, 6) is 1.95. The number of hydrogen-bond acceptors (Lipinski definition) is 3. The molecule has 1 heterocycles. The van der Waals surface area contributed by atoms with Gasteiger partial charge in [-0.05, 0) is 11.6 Å². The highest BCUT2D eigenvalue weighted by atomic mass is 32.2. The molecule has 0 fully saturated rings. The molecule has 0 bridgehead atoms.